The van der Waals surface area contributed by atoms with Crippen LogP contribution in [0, 0.1) is 12.3 Å². The topological polar surface area (TPSA) is 66.8 Å². The monoisotopic (exact) mass is 366 g/mol. The minimum Gasteiger partial charge on any atom is -0.356 e. The van der Waals surface area contributed by atoms with Gasteiger partial charge in [0.05, 0.1) is 16.6 Å². The Morgan fingerprint density at radius 3 is 2.77 bits per heavy atom. The molecule has 1 spiro atoms. The molecule has 0 amide bonds. The Morgan fingerprint density at radius 1 is 1.15 bits per heavy atom. The fourth-order valence-electron chi connectivity index (χ4n) is 4.23. The molecular formula is C19H22N6S. The van der Waals surface area contributed by atoms with E-state index in [1.165, 1.54) is 37.3 Å². The molecule has 2 fully saturated rings. The smallest absolute Gasteiger partial charge is 0.174 e. The third-order valence-electron chi connectivity index (χ3n) is 5.89. The van der Waals surface area contributed by atoms with Crippen LogP contribution in [0.2, 0.25) is 0 Å². The molecule has 6 nitrogen and oxygen atoms in total. The van der Waals surface area contributed by atoms with Crippen molar-refractivity contribution in [1.29, 1.82) is 0 Å². The molecule has 26 heavy (non-hydrogen) atoms. The van der Waals surface area contributed by atoms with Gasteiger partial charge in [-0.3, -0.25) is 4.98 Å². The summed E-state index contributed by atoms with van der Waals surface area (Å²) in [7, 11) is 0. The molecule has 0 aromatic carbocycles. The Bertz CT molecular complexity index is 936. The first-order valence-electron chi connectivity index (χ1n) is 9.23. The fraction of sp³-hybridized carbons (Fsp3) is 0.474. The zero-order valence-electron chi connectivity index (χ0n) is 14.9. The Balaban J connectivity index is 1.55. The van der Waals surface area contributed by atoms with Gasteiger partial charge in [-0.25, -0.2) is 14.3 Å². The number of pyridine rings is 1. The predicted octanol–water partition coefficient (Wildman–Crippen LogP) is 3.04. The van der Waals surface area contributed by atoms with Crippen molar-refractivity contribution in [2.75, 3.05) is 31.1 Å². The fourth-order valence-corrected chi connectivity index (χ4v) is 4.91. The number of aryl methyl sites for hydroxylation is 1. The van der Waals surface area contributed by atoms with Crippen LogP contribution in [0.3, 0.4) is 0 Å². The molecule has 2 aliphatic heterocycles. The zero-order chi connectivity index (χ0) is 17.6. The number of fused-ring (bicyclic) bond motifs is 1. The third kappa shape index (κ3) is 2.66. The van der Waals surface area contributed by atoms with E-state index >= 15 is 0 Å². The number of anilines is 1. The Labute approximate surface area is 156 Å². The van der Waals surface area contributed by atoms with E-state index in [0.717, 1.165) is 52.6 Å². The van der Waals surface area contributed by atoms with Crippen LogP contribution in [0.4, 0.5) is 5.82 Å². The number of hydrogen-bond acceptors (Lipinski definition) is 7. The van der Waals surface area contributed by atoms with Gasteiger partial charge in [0.1, 0.15) is 5.82 Å². The summed E-state index contributed by atoms with van der Waals surface area (Å²) < 4.78 is 4.29. The van der Waals surface area contributed by atoms with E-state index in [1.807, 2.05) is 24.7 Å². The van der Waals surface area contributed by atoms with Gasteiger partial charge in [0.15, 0.2) is 5.82 Å². The summed E-state index contributed by atoms with van der Waals surface area (Å²) in [4.78, 5) is 17.5. The van der Waals surface area contributed by atoms with E-state index in [2.05, 4.69) is 26.5 Å². The molecule has 0 aliphatic carbocycles. The van der Waals surface area contributed by atoms with Crippen LogP contribution in [-0.4, -0.2) is 45.5 Å². The molecule has 3 aromatic heterocycles. The van der Waals surface area contributed by atoms with Crippen molar-refractivity contribution in [1.82, 2.24) is 24.6 Å². The molecule has 2 saturated heterocycles. The SMILES string of the molecule is Cc1cnsc1-c1nc(N2CCC3(CCNC3)CC2)c2ccncc2n1. The lowest BCUT2D eigenvalue weighted by atomic mass is 9.78. The number of piperidine rings is 1. The highest BCUT2D eigenvalue weighted by Gasteiger charge is 2.37. The molecule has 0 bridgehead atoms. The third-order valence-corrected chi connectivity index (χ3v) is 6.78. The maximum Gasteiger partial charge on any atom is 0.174 e. The maximum atomic E-state index is 4.98. The second kappa shape index (κ2) is 6.25. The molecule has 5 rings (SSSR count). The lowest BCUT2D eigenvalue weighted by Crippen LogP contribution is -2.41. The van der Waals surface area contributed by atoms with Crippen LogP contribution in [-0.2, 0) is 0 Å². The highest BCUT2D eigenvalue weighted by atomic mass is 32.1. The summed E-state index contributed by atoms with van der Waals surface area (Å²) in [6.07, 6.45) is 9.32. The van der Waals surface area contributed by atoms with Gasteiger partial charge in [-0.1, -0.05) is 0 Å². The average Bonchev–Trinajstić information content (AvgIpc) is 3.31. The van der Waals surface area contributed by atoms with E-state index < -0.39 is 0 Å². The molecule has 7 heteroatoms. The summed E-state index contributed by atoms with van der Waals surface area (Å²) in [6.45, 7) is 6.50. The van der Waals surface area contributed by atoms with Crippen LogP contribution in [0.25, 0.3) is 21.6 Å². The first-order valence-corrected chi connectivity index (χ1v) is 10.0. The predicted molar refractivity (Wildman–Crippen MR) is 105 cm³/mol. The van der Waals surface area contributed by atoms with E-state index in [-0.39, 0.29) is 0 Å². The van der Waals surface area contributed by atoms with Crippen molar-refractivity contribution < 1.29 is 0 Å². The molecule has 2 aliphatic rings. The number of aromatic nitrogens is 4. The summed E-state index contributed by atoms with van der Waals surface area (Å²) in [5.41, 5.74) is 2.53. The largest absolute Gasteiger partial charge is 0.356 e. The van der Waals surface area contributed by atoms with Crippen LogP contribution >= 0.6 is 11.5 Å². The molecule has 1 N–H and O–H groups in total. The first kappa shape index (κ1) is 16.1. The molecule has 0 unspecified atom stereocenters. The van der Waals surface area contributed by atoms with Crippen LogP contribution in [0.15, 0.2) is 24.7 Å². The highest BCUT2D eigenvalue weighted by molar-refractivity contribution is 7.09. The van der Waals surface area contributed by atoms with Gasteiger partial charge in [-0.2, -0.15) is 0 Å². The molecule has 0 atom stereocenters. The van der Waals surface area contributed by atoms with Crippen molar-refractivity contribution in [2.45, 2.75) is 26.2 Å². The van der Waals surface area contributed by atoms with Crippen molar-refractivity contribution in [3.8, 4) is 10.7 Å². The van der Waals surface area contributed by atoms with Crippen LogP contribution in [0.5, 0.6) is 0 Å². The standard InChI is InChI=1S/C19H22N6S/c1-13-10-22-26-16(13)17-23-15-11-20-6-2-14(15)18(24-17)25-8-4-19(5-9-25)3-7-21-12-19/h2,6,10-11,21H,3-5,7-9,12H2,1H3. The van der Waals surface area contributed by atoms with Gasteiger partial charge in [0.2, 0.25) is 0 Å². The van der Waals surface area contributed by atoms with Crippen molar-refractivity contribution in [3.05, 3.63) is 30.2 Å². The summed E-state index contributed by atoms with van der Waals surface area (Å²) >= 11 is 1.46. The Morgan fingerprint density at radius 2 is 2.04 bits per heavy atom. The summed E-state index contributed by atoms with van der Waals surface area (Å²) in [5, 5.41) is 4.63. The molecule has 5 heterocycles. The first-order chi connectivity index (χ1) is 12.7. The normalized spacial score (nSPS) is 19.5. The zero-order valence-corrected chi connectivity index (χ0v) is 15.7. The highest BCUT2D eigenvalue weighted by Crippen LogP contribution is 2.39. The molecule has 3 aromatic rings. The minimum atomic E-state index is 0.498. The lowest BCUT2D eigenvalue weighted by molar-refractivity contribution is 0.247. The minimum absolute atomic E-state index is 0.498. The average molecular weight is 366 g/mol. The Hall–Kier alpha value is -2.12. The molecular weight excluding hydrogens is 344 g/mol. The van der Waals surface area contributed by atoms with E-state index in [4.69, 9.17) is 9.97 Å². The second-order valence-corrected chi connectivity index (χ2v) is 8.32. The van der Waals surface area contributed by atoms with Gasteiger partial charge in [0.25, 0.3) is 0 Å². The van der Waals surface area contributed by atoms with Gasteiger partial charge in [0, 0.05) is 37.4 Å². The van der Waals surface area contributed by atoms with Crippen molar-refractivity contribution in [2.24, 2.45) is 5.41 Å². The van der Waals surface area contributed by atoms with Gasteiger partial charge in [-0.05, 0) is 61.3 Å². The maximum absolute atomic E-state index is 4.98. The molecule has 134 valence electrons. The second-order valence-electron chi connectivity index (χ2n) is 7.52. The Kier molecular flexibility index (Phi) is 3.86. The number of nitrogens with one attached hydrogen (secondary N) is 1. The van der Waals surface area contributed by atoms with Crippen molar-refractivity contribution >= 4 is 28.3 Å². The number of nitrogens with zero attached hydrogens (tertiary/aromatic N) is 5. The number of hydrogen-bond donors (Lipinski definition) is 1. The van der Waals surface area contributed by atoms with E-state index in [9.17, 15) is 0 Å². The summed E-state index contributed by atoms with van der Waals surface area (Å²) in [5.74, 6) is 1.81. The van der Waals surface area contributed by atoms with E-state index in [0.29, 0.717) is 5.41 Å². The lowest BCUT2D eigenvalue weighted by Gasteiger charge is -2.39. The quantitative estimate of drug-likeness (QED) is 0.752. The van der Waals surface area contributed by atoms with E-state index in [1.54, 1.807) is 0 Å². The van der Waals surface area contributed by atoms with Crippen LogP contribution < -0.4 is 10.2 Å². The van der Waals surface area contributed by atoms with Crippen LogP contribution in [0.1, 0.15) is 24.8 Å². The van der Waals surface area contributed by atoms with Gasteiger partial charge < -0.3 is 10.2 Å². The van der Waals surface area contributed by atoms with Gasteiger partial charge >= 0.3 is 0 Å². The summed E-state index contributed by atoms with van der Waals surface area (Å²) in [6, 6.07) is 2.04. The molecule has 0 radical (unpaired) electrons. The van der Waals surface area contributed by atoms with Gasteiger partial charge in [-0.15, -0.1) is 0 Å². The van der Waals surface area contributed by atoms with Crippen molar-refractivity contribution in [3.63, 3.8) is 0 Å². The molecule has 0 saturated carbocycles. The number of rotatable bonds is 2.